The third-order valence-electron chi connectivity index (χ3n) is 5.80. The van der Waals surface area contributed by atoms with E-state index in [-0.39, 0.29) is 0 Å². The van der Waals surface area contributed by atoms with Gasteiger partial charge in [0.2, 0.25) is 11.6 Å². The Hall–Kier alpha value is -2.49. The van der Waals surface area contributed by atoms with Crippen LogP contribution in [0.4, 0.5) is 0 Å². The van der Waals surface area contributed by atoms with Crippen molar-refractivity contribution in [2.75, 3.05) is 33.0 Å². The third-order valence-corrected chi connectivity index (χ3v) is 6.11. The normalized spacial score (nSPS) is 21.0. The van der Waals surface area contributed by atoms with Gasteiger partial charge in [0.25, 0.3) is 5.78 Å². The Morgan fingerprint density at radius 3 is 2.59 bits per heavy atom. The van der Waals surface area contributed by atoms with Gasteiger partial charge < -0.3 is 19.3 Å². The largest absolute Gasteiger partial charge is 0.454 e. The van der Waals surface area contributed by atoms with E-state index in [4.69, 9.17) is 21.7 Å². The predicted octanol–water partition coefficient (Wildman–Crippen LogP) is -0.453. The van der Waals surface area contributed by atoms with Crippen molar-refractivity contribution in [1.29, 1.82) is 0 Å². The summed E-state index contributed by atoms with van der Waals surface area (Å²) in [7, 11) is 0. The number of hydrogen-bond donors (Lipinski definition) is 2. The van der Waals surface area contributed by atoms with Gasteiger partial charge in [-0.3, -0.25) is 0 Å². The van der Waals surface area contributed by atoms with Gasteiger partial charge in [-0.25, -0.2) is 14.2 Å². The van der Waals surface area contributed by atoms with E-state index < -0.39 is 0 Å². The van der Waals surface area contributed by atoms with Crippen LogP contribution >= 0.6 is 12.2 Å². The number of hydrogen-bond acceptors (Lipinski definition) is 5. The average Bonchev–Trinajstić information content (AvgIpc) is 3.27. The second-order valence-electron chi connectivity index (χ2n) is 7.97. The fourth-order valence-electron chi connectivity index (χ4n) is 4.34. The summed E-state index contributed by atoms with van der Waals surface area (Å²) in [6.45, 7) is 10.7. The molecule has 0 amide bonds. The Morgan fingerprint density at radius 1 is 1.00 bits per heavy atom. The number of piperazine rings is 1. The number of benzene rings is 1. The molecule has 2 aliphatic heterocycles. The maximum Gasteiger partial charge on any atom is 0.252 e. The molecule has 1 fully saturated rings. The van der Waals surface area contributed by atoms with Gasteiger partial charge in [0.05, 0.1) is 0 Å². The van der Waals surface area contributed by atoms with Crippen molar-refractivity contribution in [2.24, 2.45) is 0 Å². The lowest BCUT2D eigenvalue weighted by Crippen LogP contribution is -3.27. The van der Waals surface area contributed by atoms with Crippen LogP contribution in [0.3, 0.4) is 0 Å². The number of ether oxygens (including phenoxy) is 2. The lowest BCUT2D eigenvalue weighted by Gasteiger charge is -2.30. The van der Waals surface area contributed by atoms with Crippen molar-refractivity contribution < 1.29 is 19.3 Å². The van der Waals surface area contributed by atoms with E-state index >= 15 is 0 Å². The monoisotopic (exact) mass is 414 g/mol. The summed E-state index contributed by atoms with van der Waals surface area (Å²) in [5.74, 6) is 2.41. The van der Waals surface area contributed by atoms with E-state index in [1.807, 2.05) is 17.5 Å². The van der Waals surface area contributed by atoms with Crippen molar-refractivity contribution in [3.63, 3.8) is 0 Å². The van der Waals surface area contributed by atoms with E-state index in [1.165, 1.54) is 10.5 Å². The fourth-order valence-corrected chi connectivity index (χ4v) is 4.57. The minimum absolute atomic E-state index is 0.327. The van der Waals surface area contributed by atoms with E-state index in [0.717, 1.165) is 62.3 Å². The highest BCUT2D eigenvalue weighted by Gasteiger charge is 2.25. The standard InChI is InChI=1S/C20H24N6O2S/c1-14-9-15(2)26-19(21-14)22-20(29)25(26)12-24-7-5-23(6-8-24)11-16-3-4-17-18(10-16)28-13-27-17/h3-4,9-10H,5-8,11-13H2,1-2H3/p+2. The first-order chi connectivity index (χ1) is 14.1. The Kier molecular flexibility index (Phi) is 4.73. The summed E-state index contributed by atoms with van der Waals surface area (Å²) in [6, 6.07) is 8.35. The topological polar surface area (TPSA) is 62.5 Å². The van der Waals surface area contributed by atoms with Gasteiger partial charge in [0.1, 0.15) is 32.7 Å². The first-order valence-corrected chi connectivity index (χ1v) is 10.5. The Bertz CT molecular complexity index is 1120. The van der Waals surface area contributed by atoms with Crippen LogP contribution in [0, 0.1) is 18.6 Å². The minimum atomic E-state index is 0.327. The average molecular weight is 415 g/mol. The highest BCUT2D eigenvalue weighted by molar-refractivity contribution is 7.71. The molecule has 0 unspecified atom stereocenters. The molecule has 29 heavy (non-hydrogen) atoms. The second-order valence-corrected chi connectivity index (χ2v) is 8.33. The molecule has 1 aromatic carbocycles. The van der Waals surface area contributed by atoms with Crippen LogP contribution < -0.4 is 19.3 Å². The van der Waals surface area contributed by atoms with Crippen LogP contribution in [0.5, 0.6) is 11.5 Å². The summed E-state index contributed by atoms with van der Waals surface area (Å²) in [4.78, 5) is 12.1. The van der Waals surface area contributed by atoms with Crippen molar-refractivity contribution in [1.82, 2.24) is 19.2 Å². The number of quaternary nitrogens is 2. The summed E-state index contributed by atoms with van der Waals surface area (Å²) in [5, 5.41) is 0. The van der Waals surface area contributed by atoms with Gasteiger partial charge in [-0.2, -0.15) is 4.98 Å². The molecule has 2 N–H and O–H groups in total. The van der Waals surface area contributed by atoms with Crippen LogP contribution in [-0.2, 0) is 13.2 Å². The van der Waals surface area contributed by atoms with Crippen molar-refractivity contribution >= 4 is 18.0 Å². The quantitative estimate of drug-likeness (QED) is 0.566. The molecule has 0 saturated carbocycles. The van der Waals surface area contributed by atoms with Gasteiger partial charge >= 0.3 is 0 Å². The summed E-state index contributed by atoms with van der Waals surface area (Å²) >= 11 is 5.52. The smallest absolute Gasteiger partial charge is 0.252 e. The minimum Gasteiger partial charge on any atom is -0.454 e. The molecular formula is C20H26N6O2S+2. The van der Waals surface area contributed by atoms with Gasteiger partial charge in [-0.05, 0) is 50.3 Å². The number of aromatic nitrogens is 4. The maximum atomic E-state index is 5.52. The lowest BCUT2D eigenvalue weighted by molar-refractivity contribution is -1.03. The first kappa shape index (κ1) is 18.5. The SMILES string of the molecule is Cc1cc(C)n2c(n1)nc(=S)n2C[NH+]1CC[NH+](Cc2ccc3c(c2)OCO3)CC1. The first-order valence-electron chi connectivity index (χ1n) is 10.1. The second kappa shape index (κ2) is 7.40. The molecule has 0 atom stereocenters. The lowest BCUT2D eigenvalue weighted by atomic mass is 10.1. The Morgan fingerprint density at radius 2 is 1.76 bits per heavy atom. The van der Waals surface area contributed by atoms with Gasteiger partial charge in [0, 0.05) is 17.0 Å². The van der Waals surface area contributed by atoms with Crippen LogP contribution in [0.1, 0.15) is 17.0 Å². The van der Waals surface area contributed by atoms with Crippen molar-refractivity contribution in [3.8, 4) is 11.5 Å². The van der Waals surface area contributed by atoms with E-state index in [9.17, 15) is 0 Å². The molecular weight excluding hydrogens is 388 g/mol. The molecule has 1 saturated heterocycles. The van der Waals surface area contributed by atoms with Crippen LogP contribution in [0.2, 0.25) is 0 Å². The van der Waals surface area contributed by atoms with Gasteiger partial charge in [0.15, 0.2) is 18.2 Å². The van der Waals surface area contributed by atoms with E-state index in [0.29, 0.717) is 17.3 Å². The third kappa shape index (κ3) is 3.61. The molecule has 0 radical (unpaired) electrons. The predicted molar refractivity (Wildman–Crippen MR) is 109 cm³/mol. The number of rotatable bonds is 4. The molecule has 2 aliphatic rings. The van der Waals surface area contributed by atoms with Gasteiger partial charge in [-0.1, -0.05) is 0 Å². The molecule has 9 heteroatoms. The molecule has 0 bridgehead atoms. The van der Waals surface area contributed by atoms with Gasteiger partial charge in [-0.15, -0.1) is 0 Å². The molecule has 2 aromatic heterocycles. The van der Waals surface area contributed by atoms with Crippen LogP contribution in [0.25, 0.3) is 5.78 Å². The molecule has 5 rings (SSSR count). The number of nitrogens with one attached hydrogen (secondary N) is 2. The molecule has 4 heterocycles. The fraction of sp³-hybridized carbons (Fsp3) is 0.450. The molecule has 0 spiro atoms. The van der Waals surface area contributed by atoms with Crippen molar-refractivity contribution in [2.45, 2.75) is 27.1 Å². The summed E-state index contributed by atoms with van der Waals surface area (Å²) < 4.78 is 15.7. The van der Waals surface area contributed by atoms with Crippen LogP contribution in [0.15, 0.2) is 24.3 Å². The Balaban J connectivity index is 1.24. The molecule has 152 valence electrons. The zero-order valence-corrected chi connectivity index (χ0v) is 17.6. The van der Waals surface area contributed by atoms with Crippen molar-refractivity contribution in [3.05, 3.63) is 46.0 Å². The number of fused-ring (bicyclic) bond motifs is 2. The number of aryl methyl sites for hydroxylation is 2. The molecule has 0 aliphatic carbocycles. The zero-order chi connectivity index (χ0) is 20.0. The highest BCUT2D eigenvalue weighted by Crippen LogP contribution is 2.32. The Labute approximate surface area is 174 Å². The maximum absolute atomic E-state index is 5.52. The van der Waals surface area contributed by atoms with E-state index in [1.54, 1.807) is 4.90 Å². The highest BCUT2D eigenvalue weighted by atomic mass is 32.1. The van der Waals surface area contributed by atoms with E-state index in [2.05, 4.69) is 39.8 Å². The zero-order valence-electron chi connectivity index (χ0n) is 16.8. The summed E-state index contributed by atoms with van der Waals surface area (Å²) in [6.07, 6.45) is 0. The molecule has 8 nitrogen and oxygen atoms in total. The summed E-state index contributed by atoms with van der Waals surface area (Å²) in [5.41, 5.74) is 3.38. The van der Waals surface area contributed by atoms with Crippen LogP contribution in [-0.4, -0.2) is 52.1 Å². The number of nitrogens with zero attached hydrogens (tertiary/aromatic N) is 4. The molecule has 3 aromatic rings.